The fraction of sp³-hybridized carbons (Fsp3) is 0.200. The summed E-state index contributed by atoms with van der Waals surface area (Å²) in [5.41, 5.74) is 3.04. The molecule has 4 nitrogen and oxygen atoms in total. The minimum atomic E-state index is -0.389. The number of nitro groups is 1. The molecule has 0 aliphatic heterocycles. The largest absolute Gasteiger partial charge is 0.373 e. The first-order chi connectivity index (χ1) is 9.65. The molecular formula is C15H13ClN2O2. The van der Waals surface area contributed by atoms with E-state index in [2.05, 4.69) is 17.4 Å². The molecule has 0 saturated heterocycles. The molecule has 1 atom stereocenters. The number of nitrogens with one attached hydrogen (secondary N) is 1. The highest BCUT2D eigenvalue weighted by molar-refractivity contribution is 6.31. The second kappa shape index (κ2) is 5.13. The zero-order valence-corrected chi connectivity index (χ0v) is 11.4. The smallest absolute Gasteiger partial charge is 0.292 e. The Hall–Kier alpha value is -2.07. The maximum Gasteiger partial charge on any atom is 0.292 e. The number of hydrogen-bond donors (Lipinski definition) is 1. The summed E-state index contributed by atoms with van der Waals surface area (Å²) >= 11 is 5.94. The molecule has 5 heteroatoms. The molecule has 102 valence electrons. The summed E-state index contributed by atoms with van der Waals surface area (Å²) < 4.78 is 0. The normalized spacial score (nSPS) is 16.8. The molecule has 0 amide bonds. The first kappa shape index (κ1) is 12.9. The van der Waals surface area contributed by atoms with Gasteiger partial charge in [-0.3, -0.25) is 10.1 Å². The van der Waals surface area contributed by atoms with Gasteiger partial charge in [0.25, 0.3) is 5.69 Å². The number of hydrogen-bond acceptors (Lipinski definition) is 3. The van der Waals surface area contributed by atoms with Crippen LogP contribution in [0.15, 0.2) is 42.5 Å². The maximum absolute atomic E-state index is 11.1. The molecule has 0 bridgehead atoms. The van der Waals surface area contributed by atoms with E-state index in [0.29, 0.717) is 10.7 Å². The number of anilines is 1. The van der Waals surface area contributed by atoms with Crippen molar-refractivity contribution in [2.45, 2.75) is 18.9 Å². The molecule has 1 unspecified atom stereocenters. The summed E-state index contributed by atoms with van der Waals surface area (Å²) in [5, 5.41) is 14.8. The van der Waals surface area contributed by atoms with Crippen LogP contribution in [0.1, 0.15) is 23.6 Å². The fourth-order valence-corrected chi connectivity index (χ4v) is 2.85. The highest BCUT2D eigenvalue weighted by Crippen LogP contribution is 2.37. The second-order valence-corrected chi connectivity index (χ2v) is 5.29. The third-order valence-electron chi connectivity index (χ3n) is 3.62. The first-order valence-corrected chi connectivity index (χ1v) is 6.81. The summed E-state index contributed by atoms with van der Waals surface area (Å²) in [4.78, 5) is 10.7. The van der Waals surface area contributed by atoms with E-state index in [1.807, 2.05) is 12.1 Å². The van der Waals surface area contributed by atoms with E-state index in [0.717, 1.165) is 12.8 Å². The molecule has 0 fully saturated rings. The van der Waals surface area contributed by atoms with Crippen molar-refractivity contribution in [2.75, 3.05) is 5.32 Å². The fourth-order valence-electron chi connectivity index (χ4n) is 2.68. The third kappa shape index (κ3) is 2.34. The summed E-state index contributed by atoms with van der Waals surface area (Å²) in [7, 11) is 0. The second-order valence-electron chi connectivity index (χ2n) is 4.85. The van der Waals surface area contributed by atoms with Crippen molar-refractivity contribution in [3.63, 3.8) is 0 Å². The van der Waals surface area contributed by atoms with E-state index >= 15 is 0 Å². The van der Waals surface area contributed by atoms with Crippen LogP contribution in [0.3, 0.4) is 0 Å². The lowest BCUT2D eigenvalue weighted by Gasteiger charge is -2.15. The number of aryl methyl sites for hydroxylation is 1. The lowest BCUT2D eigenvalue weighted by molar-refractivity contribution is -0.384. The van der Waals surface area contributed by atoms with Crippen molar-refractivity contribution in [3.05, 3.63) is 68.7 Å². The summed E-state index contributed by atoms with van der Waals surface area (Å²) in [5.74, 6) is 0. The van der Waals surface area contributed by atoms with Crippen molar-refractivity contribution in [3.8, 4) is 0 Å². The summed E-state index contributed by atoms with van der Waals surface area (Å²) in [6, 6.07) is 12.9. The molecule has 1 N–H and O–H groups in total. The van der Waals surface area contributed by atoms with Gasteiger partial charge in [0.05, 0.1) is 11.0 Å². The van der Waals surface area contributed by atoms with E-state index < -0.39 is 0 Å². The van der Waals surface area contributed by atoms with Crippen molar-refractivity contribution in [1.82, 2.24) is 0 Å². The van der Waals surface area contributed by atoms with Gasteiger partial charge in [-0.2, -0.15) is 0 Å². The Kier molecular flexibility index (Phi) is 3.32. The number of nitro benzene ring substituents is 1. The average molecular weight is 289 g/mol. The quantitative estimate of drug-likeness (QED) is 0.675. The maximum atomic E-state index is 11.1. The topological polar surface area (TPSA) is 55.2 Å². The Morgan fingerprint density at radius 1 is 1.25 bits per heavy atom. The van der Waals surface area contributed by atoms with Crippen molar-refractivity contribution in [2.24, 2.45) is 0 Å². The molecule has 3 rings (SSSR count). The van der Waals surface area contributed by atoms with Crippen LogP contribution < -0.4 is 5.32 Å². The summed E-state index contributed by atoms with van der Waals surface area (Å²) in [6.45, 7) is 0. The number of halogens is 1. The number of nitrogens with zero attached hydrogens (tertiary/aromatic N) is 1. The minimum absolute atomic E-state index is 0.0544. The molecule has 0 radical (unpaired) electrons. The molecule has 2 aromatic rings. The Balaban J connectivity index is 1.93. The van der Waals surface area contributed by atoms with Crippen LogP contribution in [0, 0.1) is 10.1 Å². The standard InChI is InChI=1S/C15H13ClN2O2/c16-11-6-8-15(18(19)20)14(9-11)17-13-7-5-10-3-1-2-4-12(10)13/h1-4,6,8-9,13,17H,5,7H2. The van der Waals surface area contributed by atoms with Crippen LogP contribution in [-0.4, -0.2) is 4.92 Å². The Morgan fingerprint density at radius 3 is 2.85 bits per heavy atom. The van der Waals surface area contributed by atoms with Gasteiger partial charge in [0.15, 0.2) is 0 Å². The van der Waals surface area contributed by atoms with Gasteiger partial charge in [-0.1, -0.05) is 35.9 Å². The van der Waals surface area contributed by atoms with E-state index in [4.69, 9.17) is 11.6 Å². The Morgan fingerprint density at radius 2 is 2.05 bits per heavy atom. The zero-order valence-electron chi connectivity index (χ0n) is 10.7. The molecule has 20 heavy (non-hydrogen) atoms. The number of fused-ring (bicyclic) bond motifs is 1. The van der Waals surface area contributed by atoms with Gasteiger partial charge in [0.1, 0.15) is 5.69 Å². The van der Waals surface area contributed by atoms with Crippen LogP contribution in [0.5, 0.6) is 0 Å². The van der Waals surface area contributed by atoms with Crippen LogP contribution >= 0.6 is 11.6 Å². The zero-order chi connectivity index (χ0) is 14.1. The van der Waals surface area contributed by atoms with Crippen molar-refractivity contribution in [1.29, 1.82) is 0 Å². The summed E-state index contributed by atoms with van der Waals surface area (Å²) in [6.07, 6.45) is 1.92. The van der Waals surface area contributed by atoms with Gasteiger partial charge >= 0.3 is 0 Å². The lowest BCUT2D eigenvalue weighted by atomic mass is 10.1. The van der Waals surface area contributed by atoms with Crippen molar-refractivity contribution < 1.29 is 4.92 Å². The van der Waals surface area contributed by atoms with Crippen LogP contribution in [0.25, 0.3) is 0 Å². The van der Waals surface area contributed by atoms with Gasteiger partial charge in [-0.15, -0.1) is 0 Å². The monoisotopic (exact) mass is 288 g/mol. The predicted molar refractivity (Wildman–Crippen MR) is 79.2 cm³/mol. The number of rotatable bonds is 3. The molecule has 0 heterocycles. The minimum Gasteiger partial charge on any atom is -0.373 e. The van der Waals surface area contributed by atoms with E-state index in [1.54, 1.807) is 6.07 Å². The van der Waals surface area contributed by atoms with Gasteiger partial charge in [0, 0.05) is 11.1 Å². The van der Waals surface area contributed by atoms with Crippen LogP contribution in [0.2, 0.25) is 5.02 Å². The SMILES string of the molecule is O=[N+]([O-])c1ccc(Cl)cc1NC1CCc2ccccc21. The highest BCUT2D eigenvalue weighted by atomic mass is 35.5. The molecule has 0 aromatic heterocycles. The molecule has 2 aromatic carbocycles. The van der Waals surface area contributed by atoms with Gasteiger partial charge in [0.2, 0.25) is 0 Å². The van der Waals surface area contributed by atoms with Crippen molar-refractivity contribution >= 4 is 23.0 Å². The van der Waals surface area contributed by atoms with Crippen LogP contribution in [0.4, 0.5) is 11.4 Å². The first-order valence-electron chi connectivity index (χ1n) is 6.43. The van der Waals surface area contributed by atoms with E-state index in [9.17, 15) is 10.1 Å². The third-order valence-corrected chi connectivity index (χ3v) is 3.85. The number of benzene rings is 2. The molecule has 1 aliphatic carbocycles. The van der Waals surface area contributed by atoms with Gasteiger partial charge < -0.3 is 5.32 Å². The molecule has 0 spiro atoms. The van der Waals surface area contributed by atoms with E-state index in [1.165, 1.54) is 23.3 Å². The van der Waals surface area contributed by atoms with Gasteiger partial charge in [-0.25, -0.2) is 0 Å². The molecule has 1 aliphatic rings. The molecular weight excluding hydrogens is 276 g/mol. The lowest BCUT2D eigenvalue weighted by Crippen LogP contribution is -2.08. The Bertz CT molecular complexity index is 673. The van der Waals surface area contributed by atoms with Gasteiger partial charge in [-0.05, 0) is 36.1 Å². The predicted octanol–water partition coefficient (Wildman–Crippen LogP) is 4.35. The Labute approximate surface area is 121 Å². The van der Waals surface area contributed by atoms with Crippen LogP contribution in [-0.2, 0) is 6.42 Å². The average Bonchev–Trinajstić information content (AvgIpc) is 2.82. The van der Waals surface area contributed by atoms with E-state index in [-0.39, 0.29) is 16.7 Å². The highest BCUT2D eigenvalue weighted by Gasteiger charge is 2.24. The molecule has 0 saturated carbocycles.